The van der Waals surface area contributed by atoms with E-state index in [-0.39, 0.29) is 11.6 Å². The summed E-state index contributed by atoms with van der Waals surface area (Å²) in [6.45, 7) is 0. The summed E-state index contributed by atoms with van der Waals surface area (Å²) < 4.78 is 11.5. The molecule has 2 heterocycles. The molecule has 0 unspecified atom stereocenters. The van der Waals surface area contributed by atoms with Gasteiger partial charge in [0.15, 0.2) is 0 Å². The molecule has 1 aromatic carbocycles. The minimum atomic E-state index is -0.689. The van der Waals surface area contributed by atoms with Gasteiger partial charge in [0.25, 0.3) is 5.56 Å². The fraction of sp³-hybridized carbons (Fsp3) is 0.312. The number of methoxy groups -OCH3 is 2. The zero-order valence-corrected chi connectivity index (χ0v) is 14.0. The lowest BCUT2D eigenvalue weighted by molar-refractivity contribution is 0.386. The van der Waals surface area contributed by atoms with Crippen LogP contribution in [0.15, 0.2) is 32.9 Å². The second-order valence-electron chi connectivity index (χ2n) is 5.57. The maximum Gasteiger partial charge on any atom is 0.330 e. The summed E-state index contributed by atoms with van der Waals surface area (Å²) in [4.78, 5) is 25.8. The average molecular weight is 346 g/mol. The third kappa shape index (κ3) is 2.84. The Morgan fingerprint density at radius 1 is 1.28 bits per heavy atom. The highest BCUT2D eigenvalue weighted by Gasteiger charge is 2.28. The van der Waals surface area contributed by atoms with E-state index in [1.807, 2.05) is 6.07 Å². The van der Waals surface area contributed by atoms with E-state index >= 15 is 0 Å². The average Bonchev–Trinajstić information content (AvgIpc) is 3.08. The quantitative estimate of drug-likeness (QED) is 0.730. The maximum absolute atomic E-state index is 12.1. The summed E-state index contributed by atoms with van der Waals surface area (Å²) in [6, 6.07) is 5.16. The van der Waals surface area contributed by atoms with Gasteiger partial charge in [-0.15, -0.1) is 0 Å². The number of aromatic hydroxyl groups is 1. The third-order valence-electron chi connectivity index (χ3n) is 4.15. The minimum Gasteiger partial charge on any atom is -0.497 e. The van der Waals surface area contributed by atoms with Crippen molar-refractivity contribution < 1.29 is 14.6 Å². The fourth-order valence-corrected chi connectivity index (χ4v) is 2.75. The predicted molar refractivity (Wildman–Crippen MR) is 90.5 cm³/mol. The van der Waals surface area contributed by atoms with Crippen LogP contribution in [0.1, 0.15) is 23.6 Å². The van der Waals surface area contributed by atoms with Crippen molar-refractivity contribution in [1.29, 1.82) is 0 Å². The van der Waals surface area contributed by atoms with E-state index in [4.69, 9.17) is 9.47 Å². The molecule has 0 spiro atoms. The van der Waals surface area contributed by atoms with Crippen molar-refractivity contribution in [3.8, 4) is 17.4 Å². The van der Waals surface area contributed by atoms with Crippen molar-refractivity contribution in [2.24, 2.45) is 12.1 Å². The van der Waals surface area contributed by atoms with Gasteiger partial charge in [0.05, 0.1) is 26.0 Å². The molecule has 0 amide bonds. The number of ether oxygens (including phenoxy) is 2. The van der Waals surface area contributed by atoms with Crippen LogP contribution in [0.25, 0.3) is 0 Å². The van der Waals surface area contributed by atoms with Crippen molar-refractivity contribution in [1.82, 2.24) is 15.0 Å². The number of nitrogens with zero attached hydrogens (tertiary/aromatic N) is 2. The normalized spacial score (nSPS) is 16.3. The Balaban J connectivity index is 1.94. The van der Waals surface area contributed by atoms with Gasteiger partial charge < -0.3 is 20.0 Å². The van der Waals surface area contributed by atoms with Gasteiger partial charge >= 0.3 is 5.69 Å². The topological polar surface area (TPSA) is 118 Å². The number of nitrogens with one attached hydrogen (secondary N) is 2. The lowest BCUT2D eigenvalue weighted by atomic mass is 9.99. The molecule has 0 radical (unpaired) electrons. The van der Waals surface area contributed by atoms with Crippen molar-refractivity contribution >= 4 is 5.71 Å². The molecule has 1 aliphatic heterocycles. The van der Waals surface area contributed by atoms with Gasteiger partial charge in [-0.1, -0.05) is 0 Å². The third-order valence-corrected chi connectivity index (χ3v) is 4.15. The van der Waals surface area contributed by atoms with Crippen LogP contribution in [0, 0.1) is 0 Å². The smallest absolute Gasteiger partial charge is 0.330 e. The van der Waals surface area contributed by atoms with Gasteiger partial charge in [0.2, 0.25) is 5.88 Å². The monoisotopic (exact) mass is 346 g/mol. The van der Waals surface area contributed by atoms with Crippen LogP contribution in [-0.2, 0) is 7.05 Å². The minimum absolute atomic E-state index is 0.0235. The highest BCUT2D eigenvalue weighted by atomic mass is 16.5. The van der Waals surface area contributed by atoms with E-state index in [9.17, 15) is 14.7 Å². The number of hydrogen-bond acceptors (Lipinski definition) is 7. The number of H-pyrrole nitrogens is 1. The highest BCUT2D eigenvalue weighted by molar-refractivity contribution is 6.03. The molecule has 1 aliphatic rings. The lowest BCUT2D eigenvalue weighted by Gasteiger charge is -2.15. The van der Waals surface area contributed by atoms with Crippen molar-refractivity contribution in [3.05, 3.63) is 50.2 Å². The fourth-order valence-electron chi connectivity index (χ4n) is 2.75. The van der Waals surface area contributed by atoms with Gasteiger partial charge in [-0.05, 0) is 12.1 Å². The SMILES string of the molecule is COc1ccc([C@@H]2CC(c3c(O)n(C)c(=O)[nH]c3=O)=NN2)c(OC)c1. The van der Waals surface area contributed by atoms with Crippen LogP contribution in [0.2, 0.25) is 0 Å². The molecule has 25 heavy (non-hydrogen) atoms. The maximum atomic E-state index is 12.1. The molecule has 1 atom stereocenters. The van der Waals surface area contributed by atoms with E-state index in [1.54, 1.807) is 26.4 Å². The molecular formula is C16H18N4O5. The van der Waals surface area contributed by atoms with E-state index in [0.717, 1.165) is 10.1 Å². The van der Waals surface area contributed by atoms with Crippen molar-refractivity contribution in [2.75, 3.05) is 14.2 Å². The van der Waals surface area contributed by atoms with E-state index in [2.05, 4.69) is 15.5 Å². The molecule has 3 rings (SSSR count). The van der Waals surface area contributed by atoms with Crippen LogP contribution >= 0.6 is 0 Å². The second kappa shape index (κ2) is 6.34. The first-order valence-electron chi connectivity index (χ1n) is 7.53. The van der Waals surface area contributed by atoms with Crippen LogP contribution in [0.3, 0.4) is 0 Å². The van der Waals surface area contributed by atoms with Gasteiger partial charge in [-0.25, -0.2) is 4.79 Å². The highest BCUT2D eigenvalue weighted by Crippen LogP contribution is 2.34. The molecule has 0 fully saturated rings. The predicted octanol–water partition coefficient (Wildman–Crippen LogP) is 0.235. The number of aromatic nitrogens is 2. The van der Waals surface area contributed by atoms with Gasteiger partial charge in [-0.3, -0.25) is 14.3 Å². The zero-order chi connectivity index (χ0) is 18.1. The Hall–Kier alpha value is -3.23. The zero-order valence-electron chi connectivity index (χ0n) is 14.0. The number of hydrazone groups is 1. The van der Waals surface area contributed by atoms with Gasteiger partial charge in [-0.2, -0.15) is 5.10 Å². The molecule has 0 bridgehead atoms. The molecule has 2 aromatic rings. The Kier molecular flexibility index (Phi) is 4.22. The van der Waals surface area contributed by atoms with Gasteiger partial charge in [0, 0.05) is 25.1 Å². The first-order chi connectivity index (χ1) is 12.0. The van der Waals surface area contributed by atoms with Crippen LogP contribution in [0.4, 0.5) is 0 Å². The molecule has 132 valence electrons. The van der Waals surface area contributed by atoms with Crippen LogP contribution in [0.5, 0.6) is 17.4 Å². The summed E-state index contributed by atoms with van der Waals surface area (Å²) in [5, 5.41) is 14.3. The number of benzene rings is 1. The van der Waals surface area contributed by atoms with E-state index in [1.165, 1.54) is 7.05 Å². The molecule has 3 N–H and O–H groups in total. The Bertz CT molecular complexity index is 960. The summed E-state index contributed by atoms with van der Waals surface area (Å²) in [6.07, 6.45) is 0.345. The summed E-state index contributed by atoms with van der Waals surface area (Å²) >= 11 is 0. The second-order valence-corrected chi connectivity index (χ2v) is 5.57. The molecule has 9 nitrogen and oxygen atoms in total. The summed E-state index contributed by atoms with van der Waals surface area (Å²) in [7, 11) is 4.49. The van der Waals surface area contributed by atoms with E-state index in [0.29, 0.717) is 23.6 Å². The molecule has 0 saturated heterocycles. The first-order valence-corrected chi connectivity index (χ1v) is 7.53. The molecular weight excluding hydrogens is 328 g/mol. The van der Waals surface area contributed by atoms with Crippen molar-refractivity contribution in [3.63, 3.8) is 0 Å². The van der Waals surface area contributed by atoms with Crippen LogP contribution < -0.4 is 26.1 Å². The summed E-state index contributed by atoms with van der Waals surface area (Å²) in [5.74, 6) is 0.857. The standard InChI is InChI=1S/C16H18N4O5/c1-20-15(22)13(14(21)17-16(20)23)11-7-10(18-19-11)9-5-4-8(24-2)6-12(9)25-3/h4-6,10,18,22H,7H2,1-3H3,(H,17,21,23)/t10-/m0/s1. The van der Waals surface area contributed by atoms with Crippen molar-refractivity contribution in [2.45, 2.75) is 12.5 Å². The Morgan fingerprint density at radius 3 is 2.72 bits per heavy atom. The Labute approximate surface area is 142 Å². The summed E-state index contributed by atoms with van der Waals surface area (Å²) in [5.41, 5.74) is 2.74. The number of rotatable bonds is 4. The largest absolute Gasteiger partial charge is 0.497 e. The van der Waals surface area contributed by atoms with Gasteiger partial charge in [0.1, 0.15) is 17.1 Å². The van der Waals surface area contributed by atoms with E-state index < -0.39 is 17.1 Å². The van der Waals surface area contributed by atoms with Crippen LogP contribution in [-0.4, -0.2) is 34.6 Å². The molecule has 0 aliphatic carbocycles. The lowest BCUT2D eigenvalue weighted by Crippen LogP contribution is -2.32. The molecule has 0 saturated carbocycles. The molecule has 1 aromatic heterocycles. The number of aromatic amines is 1. The Morgan fingerprint density at radius 2 is 2.04 bits per heavy atom. The number of hydrogen-bond donors (Lipinski definition) is 3. The molecule has 9 heteroatoms. The first kappa shape index (κ1) is 16.6.